The van der Waals surface area contributed by atoms with Gasteiger partial charge in [0.15, 0.2) is 6.10 Å². The zero-order valence-corrected chi connectivity index (χ0v) is 21.6. The van der Waals surface area contributed by atoms with Crippen molar-refractivity contribution in [2.24, 2.45) is 0 Å². The first-order chi connectivity index (χ1) is 14.1. The minimum Gasteiger partial charge on any atom is -0.382 e. The van der Waals surface area contributed by atoms with E-state index in [1.165, 1.54) is 76.3 Å². The Morgan fingerprint density at radius 1 is 0.767 bits per heavy atom. The summed E-state index contributed by atoms with van der Waals surface area (Å²) >= 11 is 0. The van der Waals surface area contributed by atoms with Crippen molar-refractivity contribution in [2.45, 2.75) is 90.6 Å². The van der Waals surface area contributed by atoms with Crippen LogP contribution in [0.15, 0.2) is 12.2 Å². The Labute approximate surface area is 189 Å². The van der Waals surface area contributed by atoms with Gasteiger partial charge in [0.25, 0.3) is 0 Å². The summed E-state index contributed by atoms with van der Waals surface area (Å²) in [6, 6.07) is 0. The zero-order valence-electron chi connectivity index (χ0n) is 21.6. The molecular formula is C26H57N3O+2. The molecule has 180 valence electrons. The monoisotopic (exact) mass is 427 g/mol. The third kappa shape index (κ3) is 19.5. The molecule has 30 heavy (non-hydrogen) atoms. The second-order valence-electron chi connectivity index (χ2n) is 11.0. The van der Waals surface area contributed by atoms with E-state index in [9.17, 15) is 5.11 Å². The number of aliphatic hydroxyl groups excluding tert-OH is 1. The molecule has 0 aromatic heterocycles. The van der Waals surface area contributed by atoms with E-state index in [1.807, 2.05) is 0 Å². The molecule has 0 radical (unpaired) electrons. The van der Waals surface area contributed by atoms with Crippen molar-refractivity contribution in [3.05, 3.63) is 12.2 Å². The van der Waals surface area contributed by atoms with Crippen molar-refractivity contribution in [3.8, 4) is 0 Å². The summed E-state index contributed by atoms with van der Waals surface area (Å²) < 4.78 is 1.81. The Hall–Kier alpha value is -0.420. The van der Waals surface area contributed by atoms with Crippen LogP contribution in [0, 0.1) is 0 Å². The predicted octanol–water partition coefficient (Wildman–Crippen LogP) is 4.98. The molecule has 0 aliphatic heterocycles. The molecule has 0 bridgehead atoms. The van der Waals surface area contributed by atoms with Gasteiger partial charge in [-0.2, -0.15) is 0 Å². The van der Waals surface area contributed by atoms with Crippen molar-refractivity contribution < 1.29 is 14.1 Å². The standard InChI is InChI=1S/C26H57N3O/c1-8-9-10-11-12-13-14-15-16-17-20-28(4,5)23-26(30)24-29(6,7)21-18-19-27-22-25(2)3/h26-27,30H,2,8-24H2,1,3-7H3/q+2. The fourth-order valence-electron chi connectivity index (χ4n) is 4.34. The fraction of sp³-hybridized carbons (Fsp3) is 0.923. The van der Waals surface area contributed by atoms with Gasteiger partial charge in [-0.05, 0) is 19.8 Å². The van der Waals surface area contributed by atoms with E-state index >= 15 is 0 Å². The molecule has 4 nitrogen and oxygen atoms in total. The maximum atomic E-state index is 10.7. The summed E-state index contributed by atoms with van der Waals surface area (Å²) in [4.78, 5) is 0. The molecule has 0 aromatic carbocycles. The van der Waals surface area contributed by atoms with Gasteiger partial charge in [0.2, 0.25) is 0 Å². The maximum Gasteiger partial charge on any atom is 0.152 e. The second-order valence-corrected chi connectivity index (χ2v) is 11.0. The Morgan fingerprint density at radius 2 is 1.20 bits per heavy atom. The third-order valence-electron chi connectivity index (χ3n) is 6.07. The van der Waals surface area contributed by atoms with E-state index in [0.717, 1.165) is 48.1 Å². The molecule has 0 fully saturated rings. The van der Waals surface area contributed by atoms with Gasteiger partial charge in [-0.1, -0.05) is 70.4 Å². The first-order valence-corrected chi connectivity index (χ1v) is 12.7. The van der Waals surface area contributed by atoms with Gasteiger partial charge < -0.3 is 19.4 Å². The van der Waals surface area contributed by atoms with Crippen LogP contribution in [0.25, 0.3) is 0 Å². The van der Waals surface area contributed by atoms with E-state index in [2.05, 4.69) is 53.9 Å². The molecule has 1 atom stereocenters. The lowest BCUT2D eigenvalue weighted by Crippen LogP contribution is -2.53. The normalized spacial score (nSPS) is 13.6. The van der Waals surface area contributed by atoms with Crippen LogP contribution in [0.4, 0.5) is 0 Å². The first-order valence-electron chi connectivity index (χ1n) is 12.7. The van der Waals surface area contributed by atoms with Crippen LogP contribution in [0.2, 0.25) is 0 Å². The predicted molar refractivity (Wildman–Crippen MR) is 134 cm³/mol. The number of aliphatic hydroxyl groups is 1. The molecule has 0 saturated carbocycles. The smallest absolute Gasteiger partial charge is 0.152 e. The number of quaternary nitrogens is 2. The van der Waals surface area contributed by atoms with E-state index in [0.29, 0.717) is 0 Å². The molecule has 4 heteroatoms. The summed E-state index contributed by atoms with van der Waals surface area (Å²) in [6.07, 6.45) is 14.7. The molecule has 0 heterocycles. The number of nitrogens with one attached hydrogen (secondary N) is 1. The summed E-state index contributed by atoms with van der Waals surface area (Å²) in [5, 5.41) is 14.1. The lowest BCUT2D eigenvalue weighted by molar-refractivity contribution is -0.914. The van der Waals surface area contributed by atoms with Crippen LogP contribution >= 0.6 is 0 Å². The topological polar surface area (TPSA) is 32.3 Å². The molecule has 0 rings (SSSR count). The molecule has 2 N–H and O–H groups in total. The highest BCUT2D eigenvalue weighted by Crippen LogP contribution is 2.12. The number of unbranched alkanes of at least 4 members (excludes halogenated alkanes) is 9. The third-order valence-corrected chi connectivity index (χ3v) is 6.07. The quantitative estimate of drug-likeness (QED) is 0.154. The highest BCUT2D eigenvalue weighted by molar-refractivity contribution is 4.90. The highest BCUT2D eigenvalue weighted by atomic mass is 16.3. The van der Waals surface area contributed by atoms with E-state index in [-0.39, 0.29) is 6.10 Å². The highest BCUT2D eigenvalue weighted by Gasteiger charge is 2.26. The first kappa shape index (κ1) is 29.6. The summed E-state index contributed by atoms with van der Waals surface area (Å²) in [5.41, 5.74) is 1.18. The number of nitrogens with zero attached hydrogens (tertiary/aromatic N) is 2. The molecule has 1 unspecified atom stereocenters. The van der Waals surface area contributed by atoms with E-state index in [4.69, 9.17) is 0 Å². The van der Waals surface area contributed by atoms with Gasteiger partial charge in [-0.25, -0.2) is 0 Å². The Kier molecular flexibility index (Phi) is 16.9. The van der Waals surface area contributed by atoms with Gasteiger partial charge in [-0.3, -0.25) is 0 Å². The molecule has 0 aromatic rings. The van der Waals surface area contributed by atoms with Crippen LogP contribution in [-0.2, 0) is 0 Å². The molecule has 0 amide bonds. The van der Waals surface area contributed by atoms with E-state index in [1.54, 1.807) is 0 Å². The van der Waals surface area contributed by atoms with Gasteiger partial charge in [0.05, 0.1) is 41.3 Å². The van der Waals surface area contributed by atoms with Gasteiger partial charge >= 0.3 is 0 Å². The lowest BCUT2D eigenvalue weighted by Gasteiger charge is -2.36. The Balaban J connectivity index is 3.86. The van der Waals surface area contributed by atoms with Crippen molar-refractivity contribution >= 4 is 0 Å². The van der Waals surface area contributed by atoms with Crippen molar-refractivity contribution in [1.82, 2.24) is 5.32 Å². The van der Waals surface area contributed by atoms with Crippen LogP contribution < -0.4 is 5.32 Å². The molecular weight excluding hydrogens is 370 g/mol. The number of rotatable bonds is 21. The van der Waals surface area contributed by atoms with Crippen molar-refractivity contribution in [2.75, 3.05) is 67.5 Å². The minimum absolute atomic E-state index is 0.235. The number of hydrogen-bond acceptors (Lipinski definition) is 2. The largest absolute Gasteiger partial charge is 0.382 e. The molecule has 0 aliphatic carbocycles. The molecule has 0 spiro atoms. The summed E-state index contributed by atoms with van der Waals surface area (Å²) in [6.45, 7) is 14.1. The van der Waals surface area contributed by atoms with Crippen molar-refractivity contribution in [3.63, 3.8) is 0 Å². The Bertz CT molecular complexity index is 421. The lowest BCUT2D eigenvalue weighted by atomic mass is 10.1. The maximum absolute atomic E-state index is 10.7. The summed E-state index contributed by atoms with van der Waals surface area (Å²) in [7, 11) is 9.03. The zero-order chi connectivity index (χ0) is 22.9. The van der Waals surface area contributed by atoms with Crippen LogP contribution in [0.1, 0.15) is 84.5 Å². The van der Waals surface area contributed by atoms with Gasteiger partial charge in [0, 0.05) is 19.5 Å². The van der Waals surface area contributed by atoms with Gasteiger partial charge in [0.1, 0.15) is 13.1 Å². The number of hydrogen-bond donors (Lipinski definition) is 2. The average Bonchev–Trinajstić information content (AvgIpc) is 2.61. The van der Waals surface area contributed by atoms with Crippen LogP contribution in [0.3, 0.4) is 0 Å². The van der Waals surface area contributed by atoms with Crippen molar-refractivity contribution in [1.29, 1.82) is 0 Å². The second kappa shape index (κ2) is 17.2. The molecule has 0 aliphatic rings. The fourth-order valence-corrected chi connectivity index (χ4v) is 4.34. The minimum atomic E-state index is -0.235. The molecule has 0 saturated heterocycles. The van der Waals surface area contributed by atoms with Crippen LogP contribution in [0.5, 0.6) is 0 Å². The van der Waals surface area contributed by atoms with E-state index < -0.39 is 0 Å². The summed E-state index contributed by atoms with van der Waals surface area (Å²) in [5.74, 6) is 0. The SMILES string of the molecule is C=C(C)CNCCC[N+](C)(C)CC(O)C[N+](C)(C)CCCCCCCCCCCC. The van der Waals surface area contributed by atoms with Gasteiger partial charge in [-0.15, -0.1) is 0 Å². The number of likely N-dealkylation sites (N-methyl/N-ethyl adjacent to an activating group) is 2. The Morgan fingerprint density at radius 3 is 1.67 bits per heavy atom. The average molecular weight is 428 g/mol. The van der Waals surface area contributed by atoms with Crippen LogP contribution in [-0.4, -0.2) is 87.6 Å².